The van der Waals surface area contributed by atoms with Gasteiger partial charge in [0.2, 0.25) is 0 Å². The summed E-state index contributed by atoms with van der Waals surface area (Å²) in [6.07, 6.45) is 1.43. The highest BCUT2D eigenvalue weighted by molar-refractivity contribution is 5.93. The van der Waals surface area contributed by atoms with Crippen molar-refractivity contribution in [1.29, 1.82) is 0 Å². The molecule has 1 rings (SSSR count). The van der Waals surface area contributed by atoms with Crippen LogP contribution >= 0.6 is 0 Å². The van der Waals surface area contributed by atoms with E-state index in [0.29, 0.717) is 11.3 Å². The molecule has 0 aliphatic heterocycles. The summed E-state index contributed by atoms with van der Waals surface area (Å²) >= 11 is 0. The number of esters is 2. The Balaban J connectivity index is 2.77. The van der Waals surface area contributed by atoms with Crippen molar-refractivity contribution in [3.05, 3.63) is 29.8 Å². The van der Waals surface area contributed by atoms with Crippen LogP contribution in [-0.4, -0.2) is 31.8 Å². The topological polar surface area (TPSA) is 88.1 Å². The number of ether oxygens (including phenoxy) is 4. The zero-order valence-electron chi connectivity index (χ0n) is 12.5. The summed E-state index contributed by atoms with van der Waals surface area (Å²) in [6, 6.07) is 4.69. The van der Waals surface area contributed by atoms with Crippen molar-refractivity contribution in [2.45, 2.75) is 13.8 Å². The van der Waals surface area contributed by atoms with Crippen LogP contribution in [0.2, 0.25) is 0 Å². The smallest absolute Gasteiger partial charge is 0.493 e. The van der Waals surface area contributed by atoms with Gasteiger partial charge in [-0.3, -0.25) is 4.79 Å². The summed E-state index contributed by atoms with van der Waals surface area (Å²) in [5, 5.41) is 0. The maximum Gasteiger partial charge on any atom is 0.516 e. The van der Waals surface area contributed by atoms with Crippen LogP contribution in [0.25, 0.3) is 6.08 Å². The van der Waals surface area contributed by atoms with Gasteiger partial charge in [0.1, 0.15) is 0 Å². The monoisotopic (exact) mass is 308 g/mol. The molecule has 0 aliphatic carbocycles. The molecule has 0 N–H and O–H groups in total. The van der Waals surface area contributed by atoms with Crippen LogP contribution in [0.5, 0.6) is 11.5 Å². The molecule has 1 aromatic carbocycles. The van der Waals surface area contributed by atoms with Crippen molar-refractivity contribution in [3.63, 3.8) is 0 Å². The fourth-order valence-electron chi connectivity index (χ4n) is 1.45. The lowest BCUT2D eigenvalue weighted by molar-refractivity contribution is -0.134. The highest BCUT2D eigenvalue weighted by atomic mass is 16.7. The maximum atomic E-state index is 11.4. The van der Waals surface area contributed by atoms with Crippen LogP contribution in [0.15, 0.2) is 24.3 Å². The van der Waals surface area contributed by atoms with Crippen LogP contribution in [-0.2, 0) is 19.1 Å². The fourth-order valence-corrected chi connectivity index (χ4v) is 1.45. The molecule has 0 fully saturated rings. The lowest BCUT2D eigenvalue weighted by atomic mass is 10.2. The van der Waals surface area contributed by atoms with Crippen molar-refractivity contribution in [1.82, 2.24) is 0 Å². The number of methoxy groups -OCH3 is 1. The van der Waals surface area contributed by atoms with Gasteiger partial charge in [-0.25, -0.2) is 9.59 Å². The lowest BCUT2D eigenvalue weighted by Gasteiger charge is -2.08. The van der Waals surface area contributed by atoms with E-state index in [1.54, 1.807) is 19.1 Å². The Hall–Kier alpha value is -2.83. The Morgan fingerprint density at radius 1 is 1.18 bits per heavy atom. The average molecular weight is 308 g/mol. The molecular formula is C15H16O7. The fraction of sp³-hybridized carbons (Fsp3) is 0.267. The molecule has 0 saturated carbocycles. The van der Waals surface area contributed by atoms with Gasteiger partial charge >= 0.3 is 18.1 Å². The van der Waals surface area contributed by atoms with Gasteiger partial charge < -0.3 is 18.9 Å². The minimum atomic E-state index is -1.06. The molecule has 0 bridgehead atoms. The van der Waals surface area contributed by atoms with E-state index in [1.807, 2.05) is 0 Å². The van der Waals surface area contributed by atoms with Gasteiger partial charge in [-0.2, -0.15) is 0 Å². The third kappa shape index (κ3) is 5.66. The molecule has 1 aromatic rings. The van der Waals surface area contributed by atoms with Crippen LogP contribution in [0.1, 0.15) is 19.4 Å². The van der Waals surface area contributed by atoms with E-state index in [-0.39, 0.29) is 12.4 Å². The number of rotatable bonds is 5. The van der Waals surface area contributed by atoms with E-state index in [1.165, 1.54) is 26.2 Å². The standard InChI is InChI=1S/C15H16O7/c1-4-20-15(18)22-14(17)8-6-11-5-7-12(21-10(2)16)13(9-11)19-3/h5-9H,4H2,1-3H3/b8-6+. The Labute approximate surface area is 127 Å². The molecule has 0 saturated heterocycles. The van der Waals surface area contributed by atoms with E-state index in [0.717, 1.165) is 6.08 Å². The van der Waals surface area contributed by atoms with Crippen molar-refractivity contribution < 1.29 is 33.3 Å². The Morgan fingerprint density at radius 3 is 2.50 bits per heavy atom. The number of carbonyl (C=O) groups is 3. The number of carbonyl (C=O) groups excluding carboxylic acids is 3. The number of hydrogen-bond acceptors (Lipinski definition) is 7. The third-order valence-electron chi connectivity index (χ3n) is 2.30. The van der Waals surface area contributed by atoms with Crippen LogP contribution in [0.4, 0.5) is 4.79 Å². The van der Waals surface area contributed by atoms with Crippen LogP contribution < -0.4 is 9.47 Å². The summed E-state index contributed by atoms with van der Waals surface area (Å²) < 4.78 is 18.9. The van der Waals surface area contributed by atoms with Gasteiger partial charge in [-0.15, -0.1) is 0 Å². The van der Waals surface area contributed by atoms with Crippen LogP contribution in [0, 0.1) is 0 Å². The Bertz CT molecular complexity index is 590. The molecule has 7 heteroatoms. The van der Waals surface area contributed by atoms with Gasteiger partial charge in [0.15, 0.2) is 11.5 Å². The van der Waals surface area contributed by atoms with Crippen molar-refractivity contribution in [2.24, 2.45) is 0 Å². The van der Waals surface area contributed by atoms with E-state index in [2.05, 4.69) is 9.47 Å². The molecule has 0 radical (unpaired) electrons. The highest BCUT2D eigenvalue weighted by Gasteiger charge is 2.09. The first-order valence-electron chi connectivity index (χ1n) is 6.39. The molecule has 0 aromatic heterocycles. The zero-order chi connectivity index (χ0) is 16.5. The van der Waals surface area contributed by atoms with E-state index in [4.69, 9.17) is 9.47 Å². The Kier molecular flexibility index (Phi) is 6.62. The van der Waals surface area contributed by atoms with E-state index < -0.39 is 18.1 Å². The van der Waals surface area contributed by atoms with Crippen LogP contribution in [0.3, 0.4) is 0 Å². The summed E-state index contributed by atoms with van der Waals surface area (Å²) in [5.74, 6) is -0.738. The van der Waals surface area contributed by atoms with Gasteiger partial charge in [0.05, 0.1) is 13.7 Å². The second-order valence-corrected chi connectivity index (χ2v) is 3.94. The van der Waals surface area contributed by atoms with Crippen molar-refractivity contribution in [2.75, 3.05) is 13.7 Å². The zero-order valence-corrected chi connectivity index (χ0v) is 12.5. The predicted octanol–water partition coefficient (Wildman–Crippen LogP) is 2.33. The molecule has 0 heterocycles. The molecule has 0 spiro atoms. The molecular weight excluding hydrogens is 292 g/mol. The maximum absolute atomic E-state index is 11.4. The molecule has 7 nitrogen and oxygen atoms in total. The summed E-state index contributed by atoms with van der Waals surface area (Å²) in [4.78, 5) is 33.2. The molecule has 0 unspecified atom stereocenters. The van der Waals surface area contributed by atoms with Gasteiger partial charge in [0, 0.05) is 13.0 Å². The van der Waals surface area contributed by atoms with Gasteiger partial charge in [-0.05, 0) is 30.7 Å². The lowest BCUT2D eigenvalue weighted by Crippen LogP contribution is -2.11. The quantitative estimate of drug-likeness (QED) is 0.357. The first-order valence-corrected chi connectivity index (χ1v) is 6.39. The minimum Gasteiger partial charge on any atom is -0.493 e. The minimum absolute atomic E-state index is 0.116. The number of benzene rings is 1. The molecule has 22 heavy (non-hydrogen) atoms. The normalized spacial score (nSPS) is 10.1. The molecule has 0 amide bonds. The van der Waals surface area contributed by atoms with E-state index >= 15 is 0 Å². The van der Waals surface area contributed by atoms with E-state index in [9.17, 15) is 14.4 Å². The SMILES string of the molecule is CCOC(=O)OC(=O)/C=C/c1ccc(OC(C)=O)c(OC)c1. The number of hydrogen-bond donors (Lipinski definition) is 0. The molecule has 0 aliphatic rings. The van der Waals surface area contributed by atoms with Crippen molar-refractivity contribution in [3.8, 4) is 11.5 Å². The second-order valence-electron chi connectivity index (χ2n) is 3.94. The average Bonchev–Trinajstić information content (AvgIpc) is 2.45. The third-order valence-corrected chi connectivity index (χ3v) is 2.30. The molecule has 118 valence electrons. The summed E-state index contributed by atoms with van der Waals surface area (Å²) in [7, 11) is 1.42. The second kappa shape index (κ2) is 8.46. The predicted molar refractivity (Wildman–Crippen MR) is 76.5 cm³/mol. The molecule has 0 atom stereocenters. The largest absolute Gasteiger partial charge is 0.516 e. The van der Waals surface area contributed by atoms with Gasteiger partial charge in [0.25, 0.3) is 0 Å². The van der Waals surface area contributed by atoms with Gasteiger partial charge in [-0.1, -0.05) is 6.07 Å². The van der Waals surface area contributed by atoms with Crippen molar-refractivity contribution >= 4 is 24.2 Å². The summed E-state index contributed by atoms with van der Waals surface area (Å²) in [6.45, 7) is 2.99. The first kappa shape index (κ1) is 17.2. The summed E-state index contributed by atoms with van der Waals surface area (Å²) in [5.41, 5.74) is 0.591. The highest BCUT2D eigenvalue weighted by Crippen LogP contribution is 2.28. The Morgan fingerprint density at radius 2 is 1.91 bits per heavy atom. The first-order chi connectivity index (χ1) is 10.5.